The third-order valence-electron chi connectivity index (χ3n) is 4.40. The smallest absolute Gasteiger partial charge is 0.0998 e. The minimum atomic E-state index is 0.220. The highest BCUT2D eigenvalue weighted by Gasteiger charge is 2.26. The topological polar surface area (TPSA) is 47.3 Å². The van der Waals surface area contributed by atoms with Gasteiger partial charge in [-0.05, 0) is 37.8 Å². The number of benzene rings is 2. The molecule has 0 aliphatic heterocycles. The monoisotopic (exact) mass is 280 g/mol. The minimum absolute atomic E-state index is 0.220. The van der Waals surface area contributed by atoms with Gasteiger partial charge in [-0.2, -0.15) is 5.26 Å². The van der Waals surface area contributed by atoms with Crippen LogP contribution in [0, 0.1) is 11.3 Å². The first kappa shape index (κ1) is 13.9. The van der Waals surface area contributed by atoms with Crippen molar-refractivity contribution < 1.29 is 5.11 Å². The third kappa shape index (κ3) is 2.59. The molecule has 0 amide bonds. The Kier molecular flexibility index (Phi) is 4.08. The third-order valence-corrected chi connectivity index (χ3v) is 4.40. The molecule has 1 fully saturated rings. The predicted octanol–water partition coefficient (Wildman–Crippen LogP) is 3.45. The molecular formula is C18H20N2O. The number of anilines is 1. The van der Waals surface area contributed by atoms with Crippen molar-refractivity contribution in [2.75, 3.05) is 18.1 Å². The maximum atomic E-state index is 9.28. The van der Waals surface area contributed by atoms with Crippen LogP contribution in [0.3, 0.4) is 0 Å². The molecule has 3 nitrogen and oxygen atoms in total. The largest absolute Gasteiger partial charge is 0.396 e. The normalized spacial score (nSPS) is 14.7. The Labute approximate surface area is 125 Å². The van der Waals surface area contributed by atoms with E-state index in [1.54, 1.807) is 0 Å². The number of nitriles is 1. The summed E-state index contributed by atoms with van der Waals surface area (Å²) in [6.45, 7) is 1.09. The predicted molar refractivity (Wildman–Crippen MR) is 85.4 cm³/mol. The lowest BCUT2D eigenvalue weighted by Crippen LogP contribution is -2.41. The number of rotatable bonds is 5. The van der Waals surface area contributed by atoms with Gasteiger partial charge < -0.3 is 10.0 Å². The highest BCUT2D eigenvalue weighted by molar-refractivity contribution is 5.98. The van der Waals surface area contributed by atoms with E-state index in [1.165, 1.54) is 24.9 Å². The lowest BCUT2D eigenvalue weighted by molar-refractivity contribution is 0.283. The van der Waals surface area contributed by atoms with E-state index in [9.17, 15) is 5.26 Å². The van der Waals surface area contributed by atoms with Gasteiger partial charge in [-0.3, -0.25) is 0 Å². The molecule has 0 spiro atoms. The maximum Gasteiger partial charge on any atom is 0.0998 e. The van der Waals surface area contributed by atoms with Crippen LogP contribution in [-0.4, -0.2) is 24.3 Å². The second-order valence-corrected chi connectivity index (χ2v) is 5.64. The van der Waals surface area contributed by atoms with Crippen molar-refractivity contribution in [2.45, 2.75) is 31.7 Å². The van der Waals surface area contributed by atoms with Crippen LogP contribution in [-0.2, 0) is 0 Å². The van der Waals surface area contributed by atoms with Gasteiger partial charge in [0.2, 0.25) is 0 Å². The van der Waals surface area contributed by atoms with Crippen molar-refractivity contribution in [1.29, 1.82) is 5.26 Å². The molecule has 2 aromatic rings. The van der Waals surface area contributed by atoms with E-state index < -0.39 is 0 Å². The van der Waals surface area contributed by atoms with E-state index in [0.29, 0.717) is 6.04 Å². The first-order valence-corrected chi connectivity index (χ1v) is 7.64. The summed E-state index contributed by atoms with van der Waals surface area (Å²) in [4.78, 5) is 2.42. The highest BCUT2D eigenvalue weighted by Crippen LogP contribution is 2.35. The zero-order valence-corrected chi connectivity index (χ0v) is 12.1. The number of hydrogen-bond acceptors (Lipinski definition) is 3. The van der Waals surface area contributed by atoms with Gasteiger partial charge in [-0.1, -0.05) is 24.3 Å². The Morgan fingerprint density at radius 3 is 2.52 bits per heavy atom. The van der Waals surface area contributed by atoms with Crippen molar-refractivity contribution in [3.8, 4) is 6.07 Å². The molecule has 0 radical (unpaired) electrons. The van der Waals surface area contributed by atoms with Gasteiger partial charge in [0, 0.05) is 35.7 Å². The summed E-state index contributed by atoms with van der Waals surface area (Å²) in [5, 5.41) is 20.6. The van der Waals surface area contributed by atoms with E-state index in [-0.39, 0.29) is 6.61 Å². The summed E-state index contributed by atoms with van der Waals surface area (Å²) in [5.41, 5.74) is 1.92. The highest BCUT2D eigenvalue weighted by atomic mass is 16.3. The summed E-state index contributed by atoms with van der Waals surface area (Å²) in [7, 11) is 0. The first-order chi connectivity index (χ1) is 10.3. The number of fused-ring (bicyclic) bond motifs is 1. The summed E-state index contributed by atoms with van der Waals surface area (Å²) < 4.78 is 0. The first-order valence-electron chi connectivity index (χ1n) is 7.64. The number of aliphatic hydroxyl groups is 1. The summed E-state index contributed by atoms with van der Waals surface area (Å²) >= 11 is 0. The van der Waals surface area contributed by atoms with Crippen LogP contribution in [0.5, 0.6) is 0 Å². The quantitative estimate of drug-likeness (QED) is 0.912. The van der Waals surface area contributed by atoms with Crippen molar-refractivity contribution in [2.24, 2.45) is 0 Å². The van der Waals surface area contributed by atoms with E-state index in [1.807, 2.05) is 24.3 Å². The number of aliphatic hydroxyl groups excluding tert-OH is 1. The van der Waals surface area contributed by atoms with Gasteiger partial charge in [-0.25, -0.2) is 0 Å². The van der Waals surface area contributed by atoms with E-state index >= 15 is 0 Å². The second-order valence-electron chi connectivity index (χ2n) is 5.64. The minimum Gasteiger partial charge on any atom is -0.396 e. The number of hydrogen-bond donors (Lipinski definition) is 1. The lowest BCUT2D eigenvalue weighted by atomic mass is 9.90. The van der Waals surface area contributed by atoms with Gasteiger partial charge in [0.05, 0.1) is 11.6 Å². The molecule has 0 atom stereocenters. The van der Waals surface area contributed by atoms with Crippen LogP contribution in [0.4, 0.5) is 5.69 Å². The van der Waals surface area contributed by atoms with Crippen LogP contribution in [0.15, 0.2) is 36.4 Å². The van der Waals surface area contributed by atoms with Crippen LogP contribution in [0.25, 0.3) is 10.8 Å². The SMILES string of the molecule is N#Cc1ccc(N(CCCO)C2CCC2)c2ccccc12. The Bertz CT molecular complexity index is 670. The molecule has 108 valence electrons. The molecule has 3 rings (SSSR count). The van der Waals surface area contributed by atoms with Gasteiger partial charge >= 0.3 is 0 Å². The van der Waals surface area contributed by atoms with Gasteiger partial charge in [0.15, 0.2) is 0 Å². The Hall–Kier alpha value is -2.05. The van der Waals surface area contributed by atoms with Gasteiger partial charge in [0.25, 0.3) is 0 Å². The standard InChI is InChI=1S/C18H20N2O/c19-13-14-9-10-18(17-8-2-1-7-16(14)17)20(11-4-12-21)15-5-3-6-15/h1-2,7-10,15,21H,3-6,11-12H2. The molecule has 1 aliphatic rings. The zero-order chi connectivity index (χ0) is 14.7. The molecule has 0 saturated heterocycles. The van der Waals surface area contributed by atoms with E-state index in [0.717, 1.165) is 29.3 Å². The fourth-order valence-corrected chi connectivity index (χ4v) is 3.07. The molecule has 0 heterocycles. The van der Waals surface area contributed by atoms with Crippen LogP contribution >= 0.6 is 0 Å². The Morgan fingerprint density at radius 2 is 1.90 bits per heavy atom. The van der Waals surface area contributed by atoms with Crippen molar-refractivity contribution in [1.82, 2.24) is 0 Å². The van der Waals surface area contributed by atoms with Gasteiger partial charge in [-0.15, -0.1) is 0 Å². The maximum absolute atomic E-state index is 9.28. The molecular weight excluding hydrogens is 260 g/mol. The van der Waals surface area contributed by atoms with E-state index in [4.69, 9.17) is 5.11 Å². The fourth-order valence-electron chi connectivity index (χ4n) is 3.07. The molecule has 0 unspecified atom stereocenters. The second kappa shape index (κ2) is 6.15. The fraction of sp³-hybridized carbons (Fsp3) is 0.389. The molecule has 2 aromatic carbocycles. The van der Waals surface area contributed by atoms with E-state index in [2.05, 4.69) is 23.1 Å². The molecule has 21 heavy (non-hydrogen) atoms. The molecule has 0 aromatic heterocycles. The molecule has 1 saturated carbocycles. The van der Waals surface area contributed by atoms with Crippen LogP contribution in [0.1, 0.15) is 31.2 Å². The molecule has 1 N–H and O–H groups in total. The van der Waals surface area contributed by atoms with Crippen molar-refractivity contribution in [3.63, 3.8) is 0 Å². The zero-order valence-electron chi connectivity index (χ0n) is 12.1. The lowest BCUT2D eigenvalue weighted by Gasteiger charge is -2.40. The summed E-state index contributed by atoms with van der Waals surface area (Å²) in [6.07, 6.45) is 4.51. The summed E-state index contributed by atoms with van der Waals surface area (Å²) in [5.74, 6) is 0. The van der Waals surface area contributed by atoms with Crippen molar-refractivity contribution in [3.05, 3.63) is 42.0 Å². The Morgan fingerprint density at radius 1 is 1.14 bits per heavy atom. The van der Waals surface area contributed by atoms with Crippen molar-refractivity contribution >= 4 is 16.5 Å². The average Bonchev–Trinajstić information content (AvgIpc) is 2.48. The van der Waals surface area contributed by atoms with Crippen LogP contribution in [0.2, 0.25) is 0 Å². The number of nitrogens with zero attached hydrogens (tertiary/aromatic N) is 2. The molecule has 0 bridgehead atoms. The van der Waals surface area contributed by atoms with Gasteiger partial charge in [0.1, 0.15) is 0 Å². The Balaban J connectivity index is 2.07. The molecule has 1 aliphatic carbocycles. The summed E-state index contributed by atoms with van der Waals surface area (Å²) in [6, 6.07) is 15.0. The van der Waals surface area contributed by atoms with Crippen LogP contribution < -0.4 is 4.90 Å². The average molecular weight is 280 g/mol. The molecule has 3 heteroatoms.